The average molecular weight is 491 g/mol. The second-order valence-corrected chi connectivity index (χ2v) is 8.02. The van der Waals surface area contributed by atoms with Crippen molar-refractivity contribution < 1.29 is 53.7 Å². The van der Waals surface area contributed by atoms with Gasteiger partial charge in [-0.25, -0.2) is 0 Å². The van der Waals surface area contributed by atoms with Gasteiger partial charge in [-0.05, 0) is 53.6 Å². The van der Waals surface area contributed by atoms with E-state index in [1.807, 2.05) is 6.07 Å². The van der Waals surface area contributed by atoms with E-state index in [9.17, 15) is 14.7 Å². The molecule has 5 rings (SSSR count). The number of aliphatic carboxylic acids is 1. The van der Waals surface area contributed by atoms with Crippen molar-refractivity contribution in [2.45, 2.75) is 6.42 Å². The van der Waals surface area contributed by atoms with E-state index in [-0.39, 0.29) is 65.0 Å². The van der Waals surface area contributed by atoms with Crippen molar-refractivity contribution in [3.63, 3.8) is 0 Å². The van der Waals surface area contributed by atoms with Crippen LogP contribution in [0.4, 0.5) is 0 Å². The Bertz CT molecular complexity index is 1520. The Morgan fingerprint density at radius 3 is 2.40 bits per heavy atom. The maximum Gasteiger partial charge on any atom is 1.00 e. The fourth-order valence-electron chi connectivity index (χ4n) is 3.75. The molecular weight excluding hydrogens is 477 g/mol. The van der Waals surface area contributed by atoms with E-state index in [2.05, 4.69) is 8.75 Å². The molecule has 0 bridgehead atoms. The third-order valence-corrected chi connectivity index (χ3v) is 5.98. The molecule has 35 heavy (non-hydrogen) atoms. The van der Waals surface area contributed by atoms with Crippen LogP contribution in [-0.4, -0.2) is 27.3 Å². The second-order valence-electron chi connectivity index (χ2n) is 7.49. The Balaban J connectivity index is 0.00000289. The normalized spacial score (nSPS) is 12.4. The van der Waals surface area contributed by atoms with Crippen LogP contribution in [0.1, 0.15) is 27.0 Å². The Hall–Kier alpha value is -3.55. The first kappa shape index (κ1) is 24.6. The van der Waals surface area contributed by atoms with Crippen LogP contribution < -0.4 is 44.1 Å². The number of rotatable bonds is 6. The van der Waals surface area contributed by atoms with E-state index in [1.165, 1.54) is 6.07 Å². The van der Waals surface area contributed by atoms with Crippen LogP contribution in [-0.2, 0) is 11.2 Å². The van der Waals surface area contributed by atoms with Crippen LogP contribution in [0.2, 0.25) is 0 Å². The van der Waals surface area contributed by atoms with Gasteiger partial charge in [0.1, 0.15) is 11.0 Å². The van der Waals surface area contributed by atoms with Crippen molar-refractivity contribution in [1.82, 2.24) is 8.75 Å². The molecule has 1 aromatic heterocycles. The van der Waals surface area contributed by atoms with E-state index in [0.717, 1.165) is 11.7 Å². The predicted octanol–water partition coefficient (Wildman–Crippen LogP) is -0.0752. The predicted molar refractivity (Wildman–Crippen MR) is 121 cm³/mol. The fraction of sp³-hybridized carbons (Fsp3) is 0.0800. The molecule has 0 saturated carbocycles. The quantitative estimate of drug-likeness (QED) is 0.208. The molecule has 0 aliphatic carbocycles. The first-order valence-electron chi connectivity index (χ1n) is 10.1. The first-order valence-corrected chi connectivity index (χ1v) is 10.9. The van der Waals surface area contributed by atoms with Gasteiger partial charge in [0.25, 0.3) is 0 Å². The third kappa shape index (κ3) is 4.97. The molecule has 0 spiro atoms. The average Bonchev–Trinajstić information content (AvgIpc) is 3.52. The number of carboxylic acids is 1. The van der Waals surface area contributed by atoms with E-state index in [4.69, 9.17) is 14.7 Å². The van der Waals surface area contributed by atoms with Gasteiger partial charge >= 0.3 is 29.6 Å². The monoisotopic (exact) mass is 491 g/mol. The number of hydrogen-bond acceptors (Lipinski definition) is 9. The number of nitriles is 1. The van der Waals surface area contributed by atoms with Crippen molar-refractivity contribution in [3.8, 4) is 17.6 Å². The molecule has 0 unspecified atom stereocenters. The summed E-state index contributed by atoms with van der Waals surface area (Å²) in [4.78, 5) is 26.1. The Morgan fingerprint density at radius 1 is 0.943 bits per heavy atom. The van der Waals surface area contributed by atoms with Gasteiger partial charge in [-0.3, -0.25) is 4.79 Å². The summed E-state index contributed by atoms with van der Waals surface area (Å²) in [6.07, 6.45) is 0.00957. The van der Waals surface area contributed by atoms with Gasteiger partial charge in [-0.2, -0.15) is 14.0 Å². The van der Waals surface area contributed by atoms with Gasteiger partial charge in [-0.15, -0.1) is 0 Å². The van der Waals surface area contributed by atoms with Gasteiger partial charge in [0, 0.05) is 23.1 Å². The first-order chi connectivity index (χ1) is 16.5. The molecule has 3 aromatic carbocycles. The Kier molecular flexibility index (Phi) is 7.28. The molecule has 2 heterocycles. The molecule has 10 heteroatoms. The zero-order valence-electron chi connectivity index (χ0n) is 18.5. The molecule has 1 aliphatic rings. The van der Waals surface area contributed by atoms with Crippen molar-refractivity contribution >= 4 is 40.1 Å². The number of carboxylic acid groups (broad SMARTS) is 1. The van der Waals surface area contributed by atoms with Gasteiger partial charge in [0.05, 0.1) is 29.3 Å². The largest absolute Gasteiger partial charge is 1.00 e. The number of nitrogens with zero attached hydrogens (tertiary/aromatic N) is 3. The van der Waals surface area contributed by atoms with Crippen LogP contribution in [0.25, 0.3) is 16.6 Å². The number of ether oxygens (including phenoxy) is 2. The number of ketones is 1. The number of benzene rings is 3. The third-order valence-electron chi connectivity index (χ3n) is 5.42. The Morgan fingerprint density at radius 2 is 1.66 bits per heavy atom. The van der Waals surface area contributed by atoms with Crippen molar-refractivity contribution in [2.75, 3.05) is 6.79 Å². The van der Waals surface area contributed by atoms with Crippen LogP contribution in [0.5, 0.6) is 11.5 Å². The topological polar surface area (TPSA) is 125 Å². The number of Topliss-reactive ketones (excluding diaryl/α,β-unsaturated/α-hetero) is 1. The minimum absolute atomic E-state index is 0. The smallest absolute Gasteiger partial charge is 0.545 e. The van der Waals surface area contributed by atoms with Crippen molar-refractivity contribution in [3.05, 3.63) is 88.5 Å². The van der Waals surface area contributed by atoms with E-state index >= 15 is 0 Å². The number of aromatic nitrogens is 2. The van der Waals surface area contributed by atoms with Gasteiger partial charge in [-0.1, -0.05) is 18.2 Å². The number of carbonyl (C=O) groups is 2. The van der Waals surface area contributed by atoms with Gasteiger partial charge in [0.2, 0.25) is 6.79 Å². The maximum absolute atomic E-state index is 13.7. The minimum Gasteiger partial charge on any atom is -0.545 e. The standard InChI is InChI=1S/C25H15N3O5S.Na/c26-12-15-3-1-14(2-4-15)9-18(24(29)17-6-8-21-22(11-17)33-13-32-21)23(25(30)31)16-5-7-19-20(10-16)28-34-27-19;/h1-8,10-11H,9,13H2,(H,30,31);/q;+1/p-1. The molecule has 0 saturated heterocycles. The zero-order valence-corrected chi connectivity index (χ0v) is 21.3. The summed E-state index contributed by atoms with van der Waals surface area (Å²) < 4.78 is 19.0. The van der Waals surface area contributed by atoms with Crippen molar-refractivity contribution in [1.29, 1.82) is 5.26 Å². The summed E-state index contributed by atoms with van der Waals surface area (Å²) in [6.45, 7) is 0.0485. The van der Waals surface area contributed by atoms with E-state index < -0.39 is 11.8 Å². The molecule has 4 aromatic rings. The summed E-state index contributed by atoms with van der Waals surface area (Å²) in [5.74, 6) is -1.05. The number of carbonyl (C=O) groups excluding carboxylic acids is 2. The maximum atomic E-state index is 13.7. The SMILES string of the molecule is N#Cc1ccc(CC(C(=O)c2ccc3c(c2)OCO3)=C(C(=O)[O-])c2ccc3nsnc3c2)cc1.[Na+]. The number of allylic oxidation sites excluding steroid dienone is 1. The summed E-state index contributed by atoms with van der Waals surface area (Å²) >= 11 is 1.01. The van der Waals surface area contributed by atoms with E-state index in [1.54, 1.807) is 54.6 Å². The van der Waals surface area contributed by atoms with Crippen molar-refractivity contribution in [2.24, 2.45) is 0 Å². The van der Waals surface area contributed by atoms with Crippen LogP contribution in [0.15, 0.2) is 66.2 Å². The summed E-state index contributed by atoms with van der Waals surface area (Å²) in [6, 6.07) is 18.2. The summed E-state index contributed by atoms with van der Waals surface area (Å²) in [7, 11) is 0. The minimum atomic E-state index is -1.49. The molecule has 1 aliphatic heterocycles. The molecule has 0 radical (unpaired) electrons. The van der Waals surface area contributed by atoms with Crippen LogP contribution in [0.3, 0.4) is 0 Å². The fourth-order valence-corrected chi connectivity index (χ4v) is 4.27. The van der Waals surface area contributed by atoms with E-state index in [0.29, 0.717) is 33.7 Å². The molecule has 0 N–H and O–H groups in total. The van der Waals surface area contributed by atoms with Gasteiger partial charge in [0.15, 0.2) is 17.3 Å². The number of fused-ring (bicyclic) bond motifs is 2. The van der Waals surface area contributed by atoms with Crippen LogP contribution in [0, 0.1) is 11.3 Å². The molecule has 8 nitrogen and oxygen atoms in total. The summed E-state index contributed by atoms with van der Waals surface area (Å²) in [5, 5.41) is 21.5. The molecular formula is C25H14N3NaO5S. The van der Waals surface area contributed by atoms with Gasteiger partial charge < -0.3 is 19.4 Å². The molecule has 0 fully saturated rings. The molecule has 166 valence electrons. The Labute approximate surface area is 226 Å². The molecule has 0 atom stereocenters. The second kappa shape index (κ2) is 10.4. The number of hydrogen-bond donors (Lipinski definition) is 0. The molecule has 0 amide bonds. The van der Waals surface area contributed by atoms with Crippen LogP contribution >= 0.6 is 11.7 Å². The summed E-state index contributed by atoms with van der Waals surface area (Å²) in [5.41, 5.74) is 2.61. The zero-order chi connectivity index (χ0) is 23.7.